The van der Waals surface area contributed by atoms with Crippen LogP contribution in [0.1, 0.15) is 0 Å². The largest absolute Gasteiger partial charge is 0.573 e. The number of halogens is 6. The highest BCUT2D eigenvalue weighted by atomic mass is 19.4. The van der Waals surface area contributed by atoms with Crippen molar-refractivity contribution in [1.82, 2.24) is 4.57 Å². The molecule has 0 atom stereocenters. The normalized spacial score (nSPS) is 12.5. The van der Waals surface area contributed by atoms with Gasteiger partial charge in [0, 0.05) is 0 Å². The SMILES string of the molecule is O=c1oc2ccc(-c3ccc(OC(F)(F)F)cc3)cc2n1CC(F)(F)F. The fraction of sp³-hybridized carbons (Fsp3) is 0.188. The molecule has 4 nitrogen and oxygen atoms in total. The van der Waals surface area contributed by atoms with E-state index in [1.807, 2.05) is 0 Å². The minimum Gasteiger partial charge on any atom is -0.408 e. The lowest BCUT2D eigenvalue weighted by Gasteiger charge is -2.10. The first kappa shape index (κ1) is 17.9. The first-order chi connectivity index (χ1) is 12.0. The number of hydrogen-bond donors (Lipinski definition) is 0. The van der Waals surface area contributed by atoms with Crippen LogP contribution in [0.25, 0.3) is 22.2 Å². The molecule has 0 radical (unpaired) electrons. The number of hydrogen-bond acceptors (Lipinski definition) is 3. The van der Waals surface area contributed by atoms with Gasteiger partial charge >= 0.3 is 18.3 Å². The van der Waals surface area contributed by atoms with E-state index in [9.17, 15) is 31.1 Å². The molecule has 0 bridgehead atoms. The molecule has 0 aliphatic carbocycles. The minimum absolute atomic E-state index is 0.0278. The molecule has 0 fully saturated rings. The van der Waals surface area contributed by atoms with Crippen molar-refractivity contribution >= 4 is 11.1 Å². The molecule has 3 aromatic rings. The number of rotatable bonds is 3. The fourth-order valence-corrected chi connectivity index (χ4v) is 2.42. The standard InChI is InChI=1S/C16H9F6NO3/c17-15(18,19)8-23-12-7-10(3-6-13(12)25-14(23)24)9-1-4-11(5-2-9)26-16(20,21)22/h1-7H,8H2. The van der Waals surface area contributed by atoms with Crippen LogP contribution in [0.3, 0.4) is 0 Å². The van der Waals surface area contributed by atoms with E-state index in [-0.39, 0.29) is 11.1 Å². The van der Waals surface area contributed by atoms with Gasteiger partial charge in [-0.3, -0.25) is 4.57 Å². The Kier molecular flexibility index (Phi) is 4.21. The van der Waals surface area contributed by atoms with Gasteiger partial charge in [0.05, 0.1) is 5.52 Å². The predicted octanol–water partition coefficient (Wildman–Crippen LogP) is 4.72. The van der Waals surface area contributed by atoms with Gasteiger partial charge in [0.1, 0.15) is 12.3 Å². The molecule has 10 heteroatoms. The summed E-state index contributed by atoms with van der Waals surface area (Å²) in [6.07, 6.45) is -9.45. The maximum absolute atomic E-state index is 12.6. The Hall–Kier alpha value is -2.91. The van der Waals surface area contributed by atoms with E-state index in [0.29, 0.717) is 15.7 Å². The third-order valence-corrected chi connectivity index (χ3v) is 3.43. The van der Waals surface area contributed by atoms with Gasteiger partial charge in [0.25, 0.3) is 0 Å². The zero-order valence-corrected chi connectivity index (χ0v) is 12.7. The third kappa shape index (κ3) is 4.01. The molecule has 3 rings (SSSR count). The van der Waals surface area contributed by atoms with Crippen LogP contribution in [0.4, 0.5) is 26.3 Å². The Morgan fingerprint density at radius 2 is 1.54 bits per heavy atom. The number of benzene rings is 2. The summed E-state index contributed by atoms with van der Waals surface area (Å²) >= 11 is 0. The first-order valence-corrected chi connectivity index (χ1v) is 7.08. The van der Waals surface area contributed by atoms with E-state index in [1.54, 1.807) is 0 Å². The van der Waals surface area contributed by atoms with Gasteiger partial charge in [-0.25, -0.2) is 4.79 Å². The van der Waals surface area contributed by atoms with Gasteiger partial charge < -0.3 is 9.15 Å². The van der Waals surface area contributed by atoms with Crippen molar-refractivity contribution in [1.29, 1.82) is 0 Å². The van der Waals surface area contributed by atoms with Crippen LogP contribution in [0.15, 0.2) is 51.7 Å². The number of alkyl halides is 6. The smallest absolute Gasteiger partial charge is 0.408 e. The number of fused-ring (bicyclic) bond motifs is 1. The van der Waals surface area contributed by atoms with Crippen molar-refractivity contribution in [2.24, 2.45) is 0 Å². The molecule has 1 aromatic heterocycles. The van der Waals surface area contributed by atoms with Crippen molar-refractivity contribution in [3.8, 4) is 16.9 Å². The van der Waals surface area contributed by atoms with Gasteiger partial charge in [0.2, 0.25) is 0 Å². The summed E-state index contributed by atoms with van der Waals surface area (Å²) in [7, 11) is 0. The molecular weight excluding hydrogens is 368 g/mol. The van der Waals surface area contributed by atoms with Crippen molar-refractivity contribution in [2.75, 3.05) is 0 Å². The Labute approximate surface area is 141 Å². The van der Waals surface area contributed by atoms with Gasteiger partial charge in [-0.15, -0.1) is 13.2 Å². The maximum Gasteiger partial charge on any atom is 0.573 e. The fourth-order valence-electron chi connectivity index (χ4n) is 2.42. The number of oxazole rings is 1. The van der Waals surface area contributed by atoms with Crippen LogP contribution in [0.5, 0.6) is 5.75 Å². The molecule has 1 heterocycles. The minimum atomic E-state index is -4.83. The molecule has 0 N–H and O–H groups in total. The van der Waals surface area contributed by atoms with Crippen molar-refractivity contribution in [3.63, 3.8) is 0 Å². The highest BCUT2D eigenvalue weighted by Crippen LogP contribution is 2.29. The molecular formula is C16H9F6NO3. The highest BCUT2D eigenvalue weighted by Gasteiger charge is 2.31. The van der Waals surface area contributed by atoms with E-state index < -0.39 is 30.6 Å². The quantitative estimate of drug-likeness (QED) is 0.621. The predicted molar refractivity (Wildman–Crippen MR) is 78.6 cm³/mol. The van der Waals surface area contributed by atoms with Crippen molar-refractivity contribution in [3.05, 3.63) is 53.0 Å². The lowest BCUT2D eigenvalue weighted by atomic mass is 10.1. The average Bonchev–Trinajstić information content (AvgIpc) is 2.80. The molecule has 0 aliphatic heterocycles. The monoisotopic (exact) mass is 377 g/mol. The maximum atomic E-state index is 12.6. The van der Waals surface area contributed by atoms with E-state index in [1.165, 1.54) is 30.3 Å². The second kappa shape index (κ2) is 6.11. The van der Waals surface area contributed by atoms with E-state index in [2.05, 4.69) is 4.74 Å². The summed E-state index contributed by atoms with van der Waals surface area (Å²) in [5, 5.41) is 0. The average molecular weight is 377 g/mol. The lowest BCUT2D eigenvalue weighted by molar-refractivity contribution is -0.274. The summed E-state index contributed by atoms with van der Waals surface area (Å²) < 4.78 is 83.3. The summed E-state index contributed by atoms with van der Waals surface area (Å²) in [5.74, 6) is -1.58. The number of ether oxygens (including phenoxy) is 1. The topological polar surface area (TPSA) is 44.4 Å². The molecule has 0 saturated carbocycles. The van der Waals surface area contributed by atoms with Gasteiger partial charge in [-0.1, -0.05) is 18.2 Å². The van der Waals surface area contributed by atoms with Gasteiger partial charge in [0.15, 0.2) is 5.58 Å². The van der Waals surface area contributed by atoms with E-state index in [0.717, 1.165) is 12.1 Å². The van der Waals surface area contributed by atoms with Crippen LogP contribution in [-0.2, 0) is 6.54 Å². The van der Waals surface area contributed by atoms with Gasteiger partial charge in [-0.2, -0.15) is 13.2 Å². The van der Waals surface area contributed by atoms with Crippen LogP contribution in [-0.4, -0.2) is 17.1 Å². The Morgan fingerprint density at radius 3 is 2.12 bits per heavy atom. The molecule has 138 valence electrons. The first-order valence-electron chi connectivity index (χ1n) is 7.08. The van der Waals surface area contributed by atoms with Crippen LogP contribution in [0, 0.1) is 0 Å². The second-order valence-corrected chi connectivity index (χ2v) is 5.32. The van der Waals surface area contributed by atoms with Gasteiger partial charge in [-0.05, 0) is 35.4 Å². The summed E-state index contributed by atoms with van der Waals surface area (Å²) in [6.45, 7) is -1.51. The van der Waals surface area contributed by atoms with Crippen LogP contribution >= 0.6 is 0 Å². The Bertz CT molecular complexity index is 982. The molecule has 0 saturated heterocycles. The molecule has 0 amide bonds. The van der Waals surface area contributed by atoms with E-state index >= 15 is 0 Å². The second-order valence-electron chi connectivity index (χ2n) is 5.32. The number of aromatic nitrogens is 1. The van der Waals surface area contributed by atoms with Crippen LogP contribution < -0.4 is 10.5 Å². The van der Waals surface area contributed by atoms with Crippen molar-refractivity contribution in [2.45, 2.75) is 19.1 Å². The zero-order valence-electron chi connectivity index (χ0n) is 12.7. The lowest BCUT2D eigenvalue weighted by Crippen LogP contribution is -2.24. The Balaban J connectivity index is 1.98. The summed E-state index contributed by atoms with van der Waals surface area (Å²) in [4.78, 5) is 11.6. The third-order valence-electron chi connectivity index (χ3n) is 3.43. The summed E-state index contributed by atoms with van der Waals surface area (Å²) in [5.41, 5.74) is 0.724. The van der Waals surface area contributed by atoms with E-state index in [4.69, 9.17) is 4.42 Å². The van der Waals surface area contributed by atoms with Crippen LogP contribution in [0.2, 0.25) is 0 Å². The highest BCUT2D eigenvalue weighted by molar-refractivity contribution is 5.80. The molecule has 2 aromatic carbocycles. The molecule has 26 heavy (non-hydrogen) atoms. The Morgan fingerprint density at radius 1 is 0.923 bits per heavy atom. The number of nitrogens with zero attached hydrogens (tertiary/aromatic N) is 1. The van der Waals surface area contributed by atoms with Crippen molar-refractivity contribution < 1.29 is 35.5 Å². The molecule has 0 spiro atoms. The zero-order chi connectivity index (χ0) is 19.1. The summed E-state index contributed by atoms with van der Waals surface area (Å²) in [6, 6.07) is 8.87. The molecule has 0 unspecified atom stereocenters. The molecule has 0 aliphatic rings.